The van der Waals surface area contributed by atoms with Crippen LogP contribution in [0.5, 0.6) is 0 Å². The molecule has 0 aliphatic rings. The fourth-order valence-corrected chi connectivity index (χ4v) is 10.2. The topological polar surface area (TPSA) is 24.7 Å². The van der Waals surface area contributed by atoms with Gasteiger partial charge in [-0.1, -0.05) is 309 Å². The molecule has 69 heavy (non-hydrogen) atoms. The van der Waals surface area contributed by atoms with Crippen LogP contribution in [0.1, 0.15) is 334 Å². The molecule has 2 rings (SSSR count). The average Bonchev–Trinajstić information content (AvgIpc) is 3.36. The van der Waals surface area contributed by atoms with E-state index in [1.165, 1.54) is 311 Å². The predicted octanol–water partition coefficient (Wildman–Crippen LogP) is 23.6. The summed E-state index contributed by atoms with van der Waals surface area (Å²) in [6.07, 6.45) is 66.2. The van der Waals surface area contributed by atoms with Crippen molar-refractivity contribution in [3.05, 3.63) is 59.7 Å². The summed E-state index contributed by atoms with van der Waals surface area (Å²) in [5, 5.41) is 0. The smallest absolute Gasteiger partial charge is 0.0633 e. The number of rotatable bonds is 51. The Morgan fingerprint density at radius 1 is 0.246 bits per heavy atom. The van der Waals surface area contributed by atoms with Crippen molar-refractivity contribution in [3.8, 4) is 0 Å². The van der Waals surface area contributed by atoms with Gasteiger partial charge in [0.25, 0.3) is 0 Å². The molecule has 0 unspecified atom stereocenters. The van der Waals surface area contributed by atoms with Crippen LogP contribution >= 0.6 is 0 Å². The number of unbranched alkanes of at least 4 members (excludes halogenated alkanes) is 40. The number of aliphatic imine (C=N–C) groups is 2. The van der Waals surface area contributed by atoms with Crippen molar-refractivity contribution in [1.29, 1.82) is 0 Å². The van der Waals surface area contributed by atoms with Gasteiger partial charge >= 0.3 is 0 Å². The first-order chi connectivity index (χ1) is 33.7. The molecule has 0 heterocycles. The molecule has 0 aliphatic heterocycles. The summed E-state index contributed by atoms with van der Waals surface area (Å²) in [6, 6.07) is 18.4. The number of hydrogen-bond acceptors (Lipinski definition) is 2. The van der Waals surface area contributed by atoms with Crippen molar-refractivity contribution in [1.82, 2.24) is 0 Å². The Balaban J connectivity index is 0.0000238. The van der Waals surface area contributed by atoms with E-state index >= 15 is 0 Å². The minimum Gasteiger partial charge on any atom is -0.252 e. The van der Waals surface area contributed by atoms with E-state index in [0.717, 1.165) is 30.6 Å². The molecule has 0 N–H and O–H groups in total. The summed E-state index contributed by atoms with van der Waals surface area (Å²) in [4.78, 5) is 10.7. The van der Waals surface area contributed by atoms with Gasteiger partial charge in [-0.3, -0.25) is 9.98 Å². The van der Waals surface area contributed by atoms with Crippen LogP contribution in [0.25, 0.3) is 0 Å². The Morgan fingerprint density at radius 2 is 0.449 bits per heavy atom. The zero-order valence-electron chi connectivity index (χ0n) is 46.8. The second kappa shape index (κ2) is 51.2. The van der Waals surface area contributed by atoms with Crippen molar-refractivity contribution >= 4 is 22.8 Å². The van der Waals surface area contributed by atoms with Gasteiger partial charge in [0.15, 0.2) is 0 Å². The Hall–Kier alpha value is -1.73. The van der Waals surface area contributed by atoms with Gasteiger partial charge in [0, 0.05) is 16.5 Å². The maximum atomic E-state index is 5.35. The first kappa shape index (κ1) is 65.3. The third-order valence-corrected chi connectivity index (χ3v) is 14.9. The SMILES string of the molecule is CCCCCCCCCCCCCCCCCCCCCc1ccc(N=C(CCCC)C(CCCCCC)=Nc2ccc(CCCCCCCCCCCCCCCCCCCCC)cc2)cc1.[Ni]. The molecule has 0 aromatic heterocycles. The normalized spacial score (nSPS) is 12.0. The van der Waals surface area contributed by atoms with Crippen LogP contribution in [0.4, 0.5) is 11.4 Å². The molecular weight excluding hydrogens is 879 g/mol. The standard InChI is InChI=1S/C66H116N2.Ni/c1-5-9-13-16-18-20-22-24-26-28-30-32-34-36-38-40-42-44-46-49-61-53-57-63(58-54-61)67-65(51-12-8-4)66(52-48-15-11-7-3)68-64-59-55-62(56-60-64)50-47-45-43-41-39-37-35-33-31-29-27-25-23-21-19-17-14-10-6-2;/h53-60H,5-52H2,1-4H3;. The van der Waals surface area contributed by atoms with E-state index in [9.17, 15) is 0 Å². The first-order valence-corrected chi connectivity index (χ1v) is 31.0. The second-order valence-corrected chi connectivity index (χ2v) is 21.6. The summed E-state index contributed by atoms with van der Waals surface area (Å²) < 4.78 is 0. The molecule has 2 aromatic rings. The molecule has 2 nitrogen and oxygen atoms in total. The van der Waals surface area contributed by atoms with Gasteiger partial charge in [0.2, 0.25) is 0 Å². The molecule has 3 heteroatoms. The minimum atomic E-state index is 0. The van der Waals surface area contributed by atoms with Crippen molar-refractivity contribution in [2.75, 3.05) is 0 Å². The van der Waals surface area contributed by atoms with Crippen LogP contribution in [0, 0.1) is 0 Å². The summed E-state index contributed by atoms with van der Waals surface area (Å²) in [5.74, 6) is 0. The van der Waals surface area contributed by atoms with Crippen LogP contribution in [0.3, 0.4) is 0 Å². The third kappa shape index (κ3) is 40.4. The van der Waals surface area contributed by atoms with E-state index in [0.29, 0.717) is 0 Å². The van der Waals surface area contributed by atoms with Gasteiger partial charge < -0.3 is 0 Å². The zero-order chi connectivity index (χ0) is 48.5. The number of aryl methyl sites for hydroxylation is 2. The minimum absolute atomic E-state index is 0. The fourth-order valence-electron chi connectivity index (χ4n) is 10.2. The Kier molecular flexibility index (Phi) is 48.4. The van der Waals surface area contributed by atoms with E-state index < -0.39 is 0 Å². The number of benzene rings is 2. The molecule has 0 saturated heterocycles. The van der Waals surface area contributed by atoms with Crippen molar-refractivity contribution in [2.24, 2.45) is 9.98 Å². The average molecular weight is 996 g/mol. The summed E-state index contributed by atoms with van der Waals surface area (Å²) in [7, 11) is 0. The monoisotopic (exact) mass is 995 g/mol. The molecule has 0 radical (unpaired) electrons. The maximum absolute atomic E-state index is 5.35. The van der Waals surface area contributed by atoms with Crippen LogP contribution in [-0.4, -0.2) is 11.4 Å². The number of hydrogen-bond donors (Lipinski definition) is 0. The first-order valence-electron chi connectivity index (χ1n) is 31.0. The fraction of sp³-hybridized carbons (Fsp3) is 0.788. The summed E-state index contributed by atoms with van der Waals surface area (Å²) >= 11 is 0. The van der Waals surface area contributed by atoms with Gasteiger partial charge in [0.05, 0.1) is 22.8 Å². The zero-order valence-corrected chi connectivity index (χ0v) is 47.8. The quantitative estimate of drug-likeness (QED) is 0.0358. The summed E-state index contributed by atoms with van der Waals surface area (Å²) in [6.45, 7) is 9.22. The summed E-state index contributed by atoms with van der Waals surface area (Å²) in [5.41, 5.74) is 7.50. The predicted molar refractivity (Wildman–Crippen MR) is 310 cm³/mol. The Bertz CT molecular complexity index is 1390. The molecule has 0 amide bonds. The van der Waals surface area contributed by atoms with Crippen LogP contribution in [-0.2, 0) is 29.3 Å². The third-order valence-electron chi connectivity index (χ3n) is 14.9. The molecule has 0 atom stereocenters. The molecule has 0 saturated carbocycles. The largest absolute Gasteiger partial charge is 0.252 e. The molecule has 0 spiro atoms. The van der Waals surface area contributed by atoms with Crippen molar-refractivity contribution < 1.29 is 16.5 Å². The van der Waals surface area contributed by atoms with Gasteiger partial charge in [-0.05, 0) is 86.8 Å². The second-order valence-electron chi connectivity index (χ2n) is 21.6. The van der Waals surface area contributed by atoms with Crippen molar-refractivity contribution in [2.45, 2.75) is 336 Å². The van der Waals surface area contributed by atoms with Crippen LogP contribution in [0.2, 0.25) is 0 Å². The Labute approximate surface area is 442 Å². The van der Waals surface area contributed by atoms with E-state index in [1.54, 1.807) is 0 Å². The molecule has 0 fully saturated rings. The van der Waals surface area contributed by atoms with Gasteiger partial charge in [0.1, 0.15) is 0 Å². The molecular formula is C66H116N2Ni. The number of nitrogens with zero attached hydrogens (tertiary/aromatic N) is 2. The van der Waals surface area contributed by atoms with Crippen LogP contribution < -0.4 is 0 Å². The van der Waals surface area contributed by atoms with Gasteiger partial charge in [-0.15, -0.1) is 0 Å². The van der Waals surface area contributed by atoms with E-state index in [-0.39, 0.29) is 16.5 Å². The van der Waals surface area contributed by atoms with Gasteiger partial charge in [-0.25, -0.2) is 0 Å². The maximum Gasteiger partial charge on any atom is 0.0633 e. The van der Waals surface area contributed by atoms with E-state index in [2.05, 4.69) is 76.2 Å². The molecule has 400 valence electrons. The van der Waals surface area contributed by atoms with E-state index in [1.807, 2.05) is 0 Å². The molecule has 0 bridgehead atoms. The van der Waals surface area contributed by atoms with Gasteiger partial charge in [-0.2, -0.15) is 0 Å². The van der Waals surface area contributed by atoms with Crippen LogP contribution in [0.15, 0.2) is 58.5 Å². The molecule has 0 aliphatic carbocycles. The van der Waals surface area contributed by atoms with E-state index in [4.69, 9.17) is 9.98 Å². The molecule has 2 aromatic carbocycles. The Morgan fingerprint density at radius 3 is 0.696 bits per heavy atom. The van der Waals surface area contributed by atoms with Crippen molar-refractivity contribution in [3.63, 3.8) is 0 Å².